The van der Waals surface area contributed by atoms with Gasteiger partial charge in [-0.2, -0.15) is 0 Å². The molecule has 4 nitrogen and oxygen atoms in total. The molecular formula is C20H31NO3. The number of anilines is 1. The molecule has 1 saturated carbocycles. The number of carbonyl (C=O) groups excluding carboxylic acids is 1. The van der Waals surface area contributed by atoms with Crippen molar-refractivity contribution in [3.05, 3.63) is 24.3 Å². The van der Waals surface area contributed by atoms with Gasteiger partial charge in [0.2, 0.25) is 0 Å². The summed E-state index contributed by atoms with van der Waals surface area (Å²) in [5, 5.41) is 3.04. The monoisotopic (exact) mass is 333 g/mol. The van der Waals surface area contributed by atoms with Crippen LogP contribution in [0.15, 0.2) is 24.3 Å². The summed E-state index contributed by atoms with van der Waals surface area (Å²) >= 11 is 0. The third kappa shape index (κ3) is 4.97. The molecule has 0 spiro atoms. The van der Waals surface area contributed by atoms with Crippen LogP contribution in [0, 0.1) is 5.92 Å². The highest BCUT2D eigenvalue weighted by Gasteiger charge is 2.42. The molecule has 0 unspecified atom stereocenters. The van der Waals surface area contributed by atoms with E-state index in [9.17, 15) is 4.79 Å². The van der Waals surface area contributed by atoms with Gasteiger partial charge >= 0.3 is 0 Å². The van der Waals surface area contributed by atoms with Gasteiger partial charge in [0.25, 0.3) is 5.91 Å². The molecule has 24 heavy (non-hydrogen) atoms. The van der Waals surface area contributed by atoms with Crippen LogP contribution in [0.25, 0.3) is 0 Å². The van der Waals surface area contributed by atoms with Crippen molar-refractivity contribution in [1.29, 1.82) is 0 Å². The first kappa shape index (κ1) is 18.8. The molecule has 2 rings (SSSR count). The maximum absolute atomic E-state index is 12.9. The highest BCUT2D eigenvalue weighted by Crippen LogP contribution is 2.36. The molecule has 0 aromatic heterocycles. The van der Waals surface area contributed by atoms with Gasteiger partial charge in [-0.15, -0.1) is 0 Å². The van der Waals surface area contributed by atoms with Crippen molar-refractivity contribution in [2.75, 3.05) is 11.9 Å². The first-order chi connectivity index (χ1) is 11.4. The number of carbonyl (C=O) groups is 1. The molecule has 0 heterocycles. The second-order valence-electron chi connectivity index (χ2n) is 7.19. The van der Waals surface area contributed by atoms with Gasteiger partial charge in [-0.25, -0.2) is 0 Å². The number of hydrogen-bond acceptors (Lipinski definition) is 3. The van der Waals surface area contributed by atoms with Crippen molar-refractivity contribution in [3.8, 4) is 5.75 Å². The second-order valence-corrected chi connectivity index (χ2v) is 7.19. The first-order valence-corrected chi connectivity index (χ1v) is 9.17. The van der Waals surface area contributed by atoms with Crippen molar-refractivity contribution in [2.24, 2.45) is 5.92 Å². The number of ether oxygens (including phenoxy) is 2. The lowest BCUT2D eigenvalue weighted by Crippen LogP contribution is -2.48. The number of benzene rings is 1. The fourth-order valence-corrected chi connectivity index (χ4v) is 3.34. The summed E-state index contributed by atoms with van der Waals surface area (Å²) in [7, 11) is 0. The molecule has 4 heteroatoms. The Labute approximate surface area is 145 Å². The zero-order valence-electron chi connectivity index (χ0n) is 15.4. The van der Waals surface area contributed by atoms with Crippen LogP contribution < -0.4 is 10.1 Å². The zero-order chi connectivity index (χ0) is 17.6. The van der Waals surface area contributed by atoms with E-state index in [1.807, 2.05) is 38.1 Å². The number of nitrogens with one attached hydrogen (secondary N) is 1. The van der Waals surface area contributed by atoms with Crippen LogP contribution in [-0.2, 0) is 9.53 Å². The predicted octanol–water partition coefficient (Wildman–Crippen LogP) is 4.79. The molecule has 0 saturated heterocycles. The summed E-state index contributed by atoms with van der Waals surface area (Å²) in [5.41, 5.74) is 0.106. The lowest BCUT2D eigenvalue weighted by molar-refractivity contribution is -0.148. The summed E-state index contributed by atoms with van der Waals surface area (Å²) in [6.07, 6.45) is 4.88. The van der Waals surface area contributed by atoms with Gasteiger partial charge in [0, 0.05) is 12.3 Å². The first-order valence-electron chi connectivity index (χ1n) is 9.17. The third-order valence-electron chi connectivity index (χ3n) is 4.44. The average molecular weight is 333 g/mol. The van der Waals surface area contributed by atoms with Gasteiger partial charge in [-0.05, 0) is 69.7 Å². The lowest BCUT2D eigenvalue weighted by Gasteiger charge is -2.38. The molecule has 0 aliphatic heterocycles. The van der Waals surface area contributed by atoms with E-state index in [1.54, 1.807) is 0 Å². The number of amides is 1. The molecule has 1 fully saturated rings. The van der Waals surface area contributed by atoms with Crippen LogP contribution >= 0.6 is 0 Å². The van der Waals surface area contributed by atoms with Crippen molar-refractivity contribution in [2.45, 2.75) is 71.5 Å². The van der Waals surface area contributed by atoms with E-state index in [0.29, 0.717) is 12.5 Å². The van der Waals surface area contributed by atoms with E-state index >= 15 is 0 Å². The van der Waals surface area contributed by atoms with E-state index in [-0.39, 0.29) is 12.0 Å². The third-order valence-corrected chi connectivity index (χ3v) is 4.44. The van der Waals surface area contributed by atoms with Crippen molar-refractivity contribution in [3.63, 3.8) is 0 Å². The summed E-state index contributed by atoms with van der Waals surface area (Å²) in [6.45, 7) is 8.89. The molecule has 1 N–H and O–H groups in total. The van der Waals surface area contributed by atoms with Crippen LogP contribution in [0.2, 0.25) is 0 Å². The van der Waals surface area contributed by atoms with E-state index in [4.69, 9.17) is 9.47 Å². The Bertz CT molecular complexity index is 526. The van der Waals surface area contributed by atoms with Gasteiger partial charge in [0.05, 0.1) is 6.10 Å². The topological polar surface area (TPSA) is 47.6 Å². The molecular weight excluding hydrogens is 302 g/mol. The molecule has 1 aliphatic carbocycles. The van der Waals surface area contributed by atoms with E-state index in [1.165, 1.54) is 6.42 Å². The zero-order valence-corrected chi connectivity index (χ0v) is 15.4. The minimum atomic E-state index is -0.680. The van der Waals surface area contributed by atoms with Gasteiger partial charge < -0.3 is 14.8 Å². The number of rotatable bonds is 7. The predicted molar refractivity (Wildman–Crippen MR) is 97.4 cm³/mol. The summed E-state index contributed by atoms with van der Waals surface area (Å²) in [5.74, 6) is 1.31. The Balaban J connectivity index is 2.06. The minimum Gasteiger partial charge on any atom is -0.491 e. The van der Waals surface area contributed by atoms with Crippen LogP contribution in [0.5, 0.6) is 5.75 Å². The summed E-state index contributed by atoms with van der Waals surface area (Å²) < 4.78 is 11.7. The second kappa shape index (κ2) is 8.52. The van der Waals surface area contributed by atoms with Gasteiger partial charge in [0.1, 0.15) is 11.4 Å². The Morgan fingerprint density at radius 1 is 1.33 bits per heavy atom. The summed E-state index contributed by atoms with van der Waals surface area (Å²) in [6, 6.07) is 7.54. The van der Waals surface area contributed by atoms with Crippen LogP contribution in [-0.4, -0.2) is 24.2 Å². The maximum Gasteiger partial charge on any atom is 0.256 e. The maximum atomic E-state index is 12.9. The molecule has 1 aromatic rings. The SMILES string of the molecule is CCCO[C@]1(C(=O)Nc2ccc(OC(C)C)cc2)CCC[C@@H](C)C1. The van der Waals surface area contributed by atoms with Gasteiger partial charge in [0.15, 0.2) is 0 Å². The molecule has 1 aromatic carbocycles. The van der Waals surface area contributed by atoms with Crippen molar-refractivity contribution in [1.82, 2.24) is 0 Å². The Morgan fingerprint density at radius 2 is 2.04 bits per heavy atom. The highest BCUT2D eigenvalue weighted by atomic mass is 16.5. The quantitative estimate of drug-likeness (QED) is 0.780. The van der Waals surface area contributed by atoms with E-state index in [2.05, 4.69) is 19.2 Å². The Hall–Kier alpha value is -1.55. The molecule has 134 valence electrons. The van der Waals surface area contributed by atoms with E-state index < -0.39 is 5.60 Å². The fraction of sp³-hybridized carbons (Fsp3) is 0.650. The standard InChI is InChI=1S/C20H31NO3/c1-5-13-23-20(12-6-7-16(4)14-20)19(22)21-17-8-10-18(11-9-17)24-15(2)3/h8-11,15-16H,5-7,12-14H2,1-4H3,(H,21,22)/t16-,20-/m1/s1. The fourth-order valence-electron chi connectivity index (χ4n) is 3.34. The molecule has 1 aliphatic rings. The van der Waals surface area contributed by atoms with Gasteiger partial charge in [-0.1, -0.05) is 20.3 Å². The van der Waals surface area contributed by atoms with Gasteiger partial charge in [-0.3, -0.25) is 4.79 Å². The molecule has 0 radical (unpaired) electrons. The van der Waals surface area contributed by atoms with Crippen LogP contribution in [0.3, 0.4) is 0 Å². The Kier molecular flexibility index (Phi) is 6.67. The van der Waals surface area contributed by atoms with E-state index in [0.717, 1.165) is 37.1 Å². The molecule has 2 atom stereocenters. The average Bonchev–Trinajstić information content (AvgIpc) is 2.54. The van der Waals surface area contributed by atoms with Crippen molar-refractivity contribution < 1.29 is 14.3 Å². The lowest BCUT2D eigenvalue weighted by atomic mass is 9.78. The molecule has 1 amide bonds. The van der Waals surface area contributed by atoms with Crippen LogP contribution in [0.1, 0.15) is 59.8 Å². The molecule has 0 bridgehead atoms. The summed E-state index contributed by atoms with van der Waals surface area (Å²) in [4.78, 5) is 12.9. The normalized spacial score (nSPS) is 24.0. The van der Waals surface area contributed by atoms with Crippen LogP contribution in [0.4, 0.5) is 5.69 Å². The highest BCUT2D eigenvalue weighted by molar-refractivity contribution is 5.97. The largest absolute Gasteiger partial charge is 0.491 e. The smallest absolute Gasteiger partial charge is 0.256 e. The number of hydrogen-bond donors (Lipinski definition) is 1. The minimum absolute atomic E-state index is 0.0139. The Morgan fingerprint density at radius 3 is 2.62 bits per heavy atom. The van der Waals surface area contributed by atoms with Crippen molar-refractivity contribution >= 4 is 11.6 Å².